The van der Waals surface area contributed by atoms with E-state index in [1.165, 1.54) is 6.92 Å². The standard InChI is InChI=1S/C11H20N2O7Se/c1-4(15)13-7-9(17)8(16)6(2-14)20-11(7)21-3-5(12)10(18)19/h5-9,11,14,16-17H,2-3,12H2,1H3,(H,13,15)(H,18,19)/t5-,6?,7?,8-,9?,11+/m0/s1. The van der Waals surface area contributed by atoms with E-state index in [0.717, 1.165) is 0 Å². The van der Waals surface area contributed by atoms with Crippen LogP contribution < -0.4 is 11.1 Å². The molecule has 1 aliphatic rings. The fraction of sp³-hybridized carbons (Fsp3) is 0.818. The number of ether oxygens (including phenoxy) is 1. The summed E-state index contributed by atoms with van der Waals surface area (Å²) in [5, 5.41) is 39.7. The number of aliphatic hydroxyl groups excluding tert-OH is 3. The molecular weight excluding hydrogens is 351 g/mol. The number of carboxylic acids is 1. The van der Waals surface area contributed by atoms with Crippen molar-refractivity contribution in [2.45, 2.75) is 47.6 Å². The van der Waals surface area contributed by atoms with Crippen LogP contribution in [0, 0.1) is 0 Å². The maximum absolute atomic E-state index is 11.2. The Morgan fingerprint density at radius 1 is 1.38 bits per heavy atom. The van der Waals surface area contributed by atoms with Crippen molar-refractivity contribution in [3.8, 4) is 0 Å². The van der Waals surface area contributed by atoms with Gasteiger partial charge in [-0.25, -0.2) is 0 Å². The maximum atomic E-state index is 11.2. The van der Waals surface area contributed by atoms with Gasteiger partial charge in [-0.3, -0.25) is 0 Å². The topological polar surface area (TPSA) is 162 Å². The Bertz CT molecular complexity index is 384. The molecule has 1 fully saturated rings. The minimum atomic E-state index is -1.34. The molecule has 0 saturated carbocycles. The molecule has 0 aromatic heterocycles. The monoisotopic (exact) mass is 372 g/mol. The van der Waals surface area contributed by atoms with E-state index in [4.69, 9.17) is 20.7 Å². The van der Waals surface area contributed by atoms with E-state index in [0.29, 0.717) is 0 Å². The van der Waals surface area contributed by atoms with Crippen molar-refractivity contribution >= 4 is 26.8 Å². The molecule has 0 radical (unpaired) electrons. The van der Waals surface area contributed by atoms with Crippen molar-refractivity contribution in [3.05, 3.63) is 0 Å². The Kier molecular flexibility index (Phi) is 7.01. The van der Waals surface area contributed by atoms with Gasteiger partial charge >= 0.3 is 127 Å². The first kappa shape index (κ1) is 18.3. The van der Waals surface area contributed by atoms with E-state index in [1.807, 2.05) is 0 Å². The van der Waals surface area contributed by atoms with Gasteiger partial charge in [-0.1, -0.05) is 0 Å². The summed E-state index contributed by atoms with van der Waals surface area (Å²) in [5.41, 5.74) is 5.42. The van der Waals surface area contributed by atoms with E-state index in [-0.39, 0.29) is 5.32 Å². The average Bonchev–Trinajstić information content (AvgIpc) is 2.42. The number of rotatable bonds is 6. The van der Waals surface area contributed by atoms with Gasteiger partial charge in [0.15, 0.2) is 0 Å². The molecule has 21 heavy (non-hydrogen) atoms. The number of aliphatic hydroxyl groups is 3. The van der Waals surface area contributed by atoms with Crippen LogP contribution in [0.25, 0.3) is 0 Å². The Morgan fingerprint density at radius 3 is 2.48 bits per heavy atom. The molecule has 1 heterocycles. The fourth-order valence-electron chi connectivity index (χ4n) is 1.88. The Labute approximate surface area is 127 Å². The van der Waals surface area contributed by atoms with Gasteiger partial charge in [-0.15, -0.1) is 0 Å². The molecule has 1 aliphatic heterocycles. The molecule has 6 atom stereocenters. The summed E-state index contributed by atoms with van der Waals surface area (Å²) >= 11 is -0.473. The van der Waals surface area contributed by atoms with E-state index in [1.54, 1.807) is 0 Å². The van der Waals surface area contributed by atoms with Crippen LogP contribution in [0.15, 0.2) is 0 Å². The number of nitrogens with one attached hydrogen (secondary N) is 1. The number of carboxylic acid groups (broad SMARTS) is 1. The fourth-order valence-corrected chi connectivity index (χ4v) is 4.39. The van der Waals surface area contributed by atoms with Gasteiger partial charge in [0, 0.05) is 0 Å². The van der Waals surface area contributed by atoms with Crippen LogP contribution in [0.1, 0.15) is 6.92 Å². The molecule has 1 rings (SSSR count). The summed E-state index contributed by atoms with van der Waals surface area (Å²) in [6, 6.07) is -1.94. The first-order valence-electron chi connectivity index (χ1n) is 6.27. The molecule has 0 bridgehead atoms. The molecule has 9 nitrogen and oxygen atoms in total. The molecule has 0 spiro atoms. The van der Waals surface area contributed by atoms with Gasteiger partial charge in [0.1, 0.15) is 0 Å². The molecule has 1 amide bonds. The summed E-state index contributed by atoms with van der Waals surface area (Å²) < 4.78 is 5.47. The van der Waals surface area contributed by atoms with Gasteiger partial charge in [0.2, 0.25) is 0 Å². The van der Waals surface area contributed by atoms with Crippen LogP contribution in [0.5, 0.6) is 0 Å². The van der Waals surface area contributed by atoms with Crippen molar-refractivity contribution < 1.29 is 34.8 Å². The normalized spacial score (nSPS) is 34.2. The third-order valence-electron chi connectivity index (χ3n) is 3.01. The summed E-state index contributed by atoms with van der Waals surface area (Å²) in [5.74, 6) is -1.57. The summed E-state index contributed by atoms with van der Waals surface area (Å²) in [4.78, 5) is 21.9. The Balaban J connectivity index is 2.78. The number of nitrogens with two attached hydrogens (primary N) is 1. The molecule has 0 aliphatic carbocycles. The van der Waals surface area contributed by atoms with Gasteiger partial charge in [0.05, 0.1) is 0 Å². The molecule has 0 aromatic rings. The molecule has 122 valence electrons. The van der Waals surface area contributed by atoms with Crippen LogP contribution in [0.4, 0.5) is 0 Å². The van der Waals surface area contributed by atoms with Crippen LogP contribution in [-0.2, 0) is 14.3 Å². The van der Waals surface area contributed by atoms with E-state index >= 15 is 0 Å². The van der Waals surface area contributed by atoms with Crippen LogP contribution in [-0.4, -0.2) is 89.3 Å². The zero-order chi connectivity index (χ0) is 16.2. The van der Waals surface area contributed by atoms with E-state index < -0.39 is 68.8 Å². The molecule has 7 N–H and O–H groups in total. The third-order valence-corrected chi connectivity index (χ3v) is 5.70. The summed E-state index contributed by atoms with van der Waals surface area (Å²) in [7, 11) is 0. The quantitative estimate of drug-likeness (QED) is 0.262. The second kappa shape index (κ2) is 8.04. The van der Waals surface area contributed by atoms with Crippen molar-refractivity contribution in [1.29, 1.82) is 0 Å². The molecule has 0 aromatic carbocycles. The van der Waals surface area contributed by atoms with Crippen molar-refractivity contribution in [2.24, 2.45) is 5.73 Å². The predicted octanol–water partition coefficient (Wildman–Crippen LogP) is -3.54. The molecule has 3 unspecified atom stereocenters. The second-order valence-corrected chi connectivity index (χ2v) is 7.08. The van der Waals surface area contributed by atoms with E-state index in [2.05, 4.69) is 5.32 Å². The number of hydrogen-bond donors (Lipinski definition) is 6. The molecule has 1 saturated heterocycles. The average molecular weight is 371 g/mol. The number of aliphatic carboxylic acids is 1. The first-order valence-corrected chi connectivity index (χ1v) is 8.47. The van der Waals surface area contributed by atoms with E-state index in [9.17, 15) is 19.8 Å². The van der Waals surface area contributed by atoms with Crippen LogP contribution >= 0.6 is 0 Å². The summed E-state index contributed by atoms with van der Waals surface area (Å²) in [6.07, 6.45) is -3.64. The zero-order valence-corrected chi connectivity index (χ0v) is 13.1. The minimum absolute atomic E-state index is 0.129. The predicted molar refractivity (Wildman–Crippen MR) is 71.5 cm³/mol. The van der Waals surface area contributed by atoms with Crippen molar-refractivity contribution in [3.63, 3.8) is 0 Å². The zero-order valence-electron chi connectivity index (χ0n) is 11.4. The van der Waals surface area contributed by atoms with Crippen molar-refractivity contribution in [1.82, 2.24) is 5.32 Å². The van der Waals surface area contributed by atoms with Crippen molar-refractivity contribution in [2.75, 3.05) is 6.61 Å². The van der Waals surface area contributed by atoms with Crippen LogP contribution in [0.2, 0.25) is 5.32 Å². The van der Waals surface area contributed by atoms with Gasteiger partial charge in [-0.05, 0) is 0 Å². The Hall–Kier alpha value is -0.741. The third kappa shape index (κ3) is 4.89. The second-order valence-electron chi connectivity index (χ2n) is 4.71. The number of amides is 1. The molecular formula is C11H20N2O7Se. The van der Waals surface area contributed by atoms with Gasteiger partial charge < -0.3 is 0 Å². The summed E-state index contributed by atoms with van der Waals surface area (Å²) in [6.45, 7) is 0.757. The molecule has 10 heteroatoms. The number of carbonyl (C=O) groups excluding carboxylic acids is 1. The van der Waals surface area contributed by atoms with Gasteiger partial charge in [-0.2, -0.15) is 0 Å². The van der Waals surface area contributed by atoms with Gasteiger partial charge in [0.25, 0.3) is 0 Å². The number of hydrogen-bond acceptors (Lipinski definition) is 7. The number of carbonyl (C=O) groups is 2. The SMILES string of the molecule is CC(=O)NC1C(O)[C@@H](O)C(CO)O[C@@H]1[Se]C[C@H](N)C(=O)O. The first-order chi connectivity index (χ1) is 9.77. The Morgan fingerprint density at radius 2 is 2.00 bits per heavy atom. The van der Waals surface area contributed by atoms with Crippen LogP contribution in [0.3, 0.4) is 0 Å².